The van der Waals surface area contributed by atoms with Crippen LogP contribution < -0.4 is 20.8 Å². The van der Waals surface area contributed by atoms with Crippen molar-refractivity contribution in [1.82, 2.24) is 9.55 Å². The summed E-state index contributed by atoms with van der Waals surface area (Å²) in [5, 5.41) is 11.9. The van der Waals surface area contributed by atoms with Crippen LogP contribution in [0, 0.1) is 0 Å². The smallest absolute Gasteiger partial charge is 0.343 e. The Morgan fingerprint density at radius 1 is 1.21 bits per heavy atom. The maximum atomic E-state index is 13.6. The van der Waals surface area contributed by atoms with E-state index in [0.29, 0.717) is 28.4 Å². The standard InChI is InChI=1S/C27H25N3O8/c1-2-27(34)18-9-20-24-16(11-30(20)25(32)17(18)12-36-26(27)33)14(4-3-6-35-7-5-23(28)31)15-8-21-22(38-13-37-21)10-19(15)29-24/h3-4,8-10,34H,2,5-7,11-13H2,1H3,(H2,28,31). The Balaban J connectivity index is 1.50. The van der Waals surface area contributed by atoms with Crippen molar-refractivity contribution >= 4 is 28.9 Å². The van der Waals surface area contributed by atoms with E-state index in [-0.39, 0.29) is 62.7 Å². The third-order valence-corrected chi connectivity index (χ3v) is 7.22. The second-order valence-corrected chi connectivity index (χ2v) is 9.37. The van der Waals surface area contributed by atoms with E-state index in [0.717, 1.165) is 16.5 Å². The molecule has 0 saturated heterocycles. The number of rotatable bonds is 7. The van der Waals surface area contributed by atoms with E-state index >= 15 is 0 Å². The molecule has 0 saturated carbocycles. The number of pyridine rings is 2. The van der Waals surface area contributed by atoms with Gasteiger partial charge in [-0.1, -0.05) is 19.1 Å². The lowest BCUT2D eigenvalue weighted by Gasteiger charge is -2.31. The van der Waals surface area contributed by atoms with E-state index in [2.05, 4.69) is 0 Å². The molecule has 38 heavy (non-hydrogen) atoms. The fraction of sp³-hybridized carbons (Fsp3) is 0.333. The molecule has 11 nitrogen and oxygen atoms in total. The average Bonchev–Trinajstić information content (AvgIpc) is 3.51. The van der Waals surface area contributed by atoms with Crippen LogP contribution in [-0.2, 0) is 37.8 Å². The van der Waals surface area contributed by atoms with Crippen LogP contribution in [0.2, 0.25) is 0 Å². The zero-order chi connectivity index (χ0) is 26.6. The SMILES string of the molecule is CCC1(O)C(=O)OCc2c1cc1n(c2=O)Cc2c-1nc1cc3c(cc1c2C=CCOCCC(N)=O)OCO3. The lowest BCUT2D eigenvalue weighted by Crippen LogP contribution is -2.44. The van der Waals surface area contributed by atoms with E-state index in [1.807, 2.05) is 18.2 Å². The summed E-state index contributed by atoms with van der Waals surface area (Å²) in [6.07, 6.45) is 3.90. The summed E-state index contributed by atoms with van der Waals surface area (Å²) in [5.74, 6) is -0.0396. The molecule has 196 valence electrons. The van der Waals surface area contributed by atoms with Crippen LogP contribution in [0.5, 0.6) is 11.5 Å². The lowest BCUT2D eigenvalue weighted by atomic mass is 9.86. The minimum absolute atomic E-state index is 0.0624. The monoisotopic (exact) mass is 519 g/mol. The van der Waals surface area contributed by atoms with Gasteiger partial charge in [0.1, 0.15) is 6.61 Å². The van der Waals surface area contributed by atoms with Crippen LogP contribution in [-0.4, -0.2) is 46.5 Å². The van der Waals surface area contributed by atoms with Gasteiger partial charge in [-0.25, -0.2) is 9.78 Å². The minimum Gasteiger partial charge on any atom is -0.458 e. The maximum absolute atomic E-state index is 13.6. The second kappa shape index (κ2) is 8.96. The number of esters is 1. The van der Waals surface area contributed by atoms with Crippen LogP contribution >= 0.6 is 0 Å². The highest BCUT2D eigenvalue weighted by Gasteiger charge is 2.45. The highest BCUT2D eigenvalue weighted by molar-refractivity contribution is 5.95. The van der Waals surface area contributed by atoms with Crippen molar-refractivity contribution in [3.8, 4) is 22.9 Å². The van der Waals surface area contributed by atoms with E-state index in [9.17, 15) is 19.5 Å². The van der Waals surface area contributed by atoms with Gasteiger partial charge < -0.3 is 34.4 Å². The number of carbonyl (C=O) groups excluding carboxylic acids is 2. The summed E-state index contributed by atoms with van der Waals surface area (Å²) >= 11 is 0. The number of ether oxygens (including phenoxy) is 4. The Labute approximate surface area is 216 Å². The predicted molar refractivity (Wildman–Crippen MR) is 134 cm³/mol. The van der Waals surface area contributed by atoms with Gasteiger partial charge in [0, 0.05) is 29.0 Å². The molecular formula is C27H25N3O8. The van der Waals surface area contributed by atoms with Gasteiger partial charge in [-0.2, -0.15) is 0 Å². The van der Waals surface area contributed by atoms with Crippen molar-refractivity contribution < 1.29 is 33.6 Å². The van der Waals surface area contributed by atoms with Crippen molar-refractivity contribution in [1.29, 1.82) is 0 Å². The highest BCUT2D eigenvalue weighted by atomic mass is 16.7. The van der Waals surface area contributed by atoms with Gasteiger partial charge in [-0.05, 0) is 24.1 Å². The highest BCUT2D eigenvalue weighted by Crippen LogP contribution is 2.43. The third-order valence-electron chi connectivity index (χ3n) is 7.22. The molecule has 0 fully saturated rings. The van der Waals surface area contributed by atoms with Crippen molar-refractivity contribution in [2.45, 2.75) is 38.5 Å². The summed E-state index contributed by atoms with van der Waals surface area (Å²) in [6, 6.07) is 5.33. The van der Waals surface area contributed by atoms with Gasteiger partial charge in [-0.3, -0.25) is 9.59 Å². The molecule has 0 radical (unpaired) electrons. The van der Waals surface area contributed by atoms with Crippen molar-refractivity contribution in [3.05, 3.63) is 56.9 Å². The Morgan fingerprint density at radius 2 is 2.00 bits per heavy atom. The second-order valence-electron chi connectivity index (χ2n) is 9.37. The molecule has 11 heteroatoms. The number of nitrogens with two attached hydrogens (primary N) is 1. The molecule has 1 unspecified atom stereocenters. The number of primary amides is 1. The number of hydrogen-bond acceptors (Lipinski definition) is 9. The molecule has 3 aromatic rings. The molecule has 0 bridgehead atoms. The van der Waals surface area contributed by atoms with Crippen LogP contribution in [0.15, 0.2) is 29.1 Å². The molecule has 5 heterocycles. The number of cyclic esters (lactones) is 1. The fourth-order valence-corrected chi connectivity index (χ4v) is 5.18. The molecule has 0 spiro atoms. The lowest BCUT2D eigenvalue weighted by molar-refractivity contribution is -0.172. The minimum atomic E-state index is -1.90. The molecule has 2 aromatic heterocycles. The molecular weight excluding hydrogens is 494 g/mol. The number of carbonyl (C=O) groups is 2. The first-order chi connectivity index (χ1) is 18.3. The van der Waals surface area contributed by atoms with Crippen molar-refractivity contribution in [3.63, 3.8) is 0 Å². The van der Waals surface area contributed by atoms with Crippen molar-refractivity contribution in [2.24, 2.45) is 5.73 Å². The molecule has 1 aromatic carbocycles. The predicted octanol–water partition coefficient (Wildman–Crippen LogP) is 1.71. The van der Waals surface area contributed by atoms with Gasteiger partial charge in [0.05, 0.1) is 42.2 Å². The summed E-state index contributed by atoms with van der Waals surface area (Å²) in [7, 11) is 0. The normalized spacial score (nSPS) is 18.9. The zero-order valence-electron chi connectivity index (χ0n) is 20.6. The Bertz CT molecular complexity index is 1610. The quantitative estimate of drug-likeness (QED) is 0.274. The van der Waals surface area contributed by atoms with E-state index in [1.54, 1.807) is 23.6 Å². The Morgan fingerprint density at radius 3 is 2.76 bits per heavy atom. The van der Waals surface area contributed by atoms with Gasteiger partial charge in [0.25, 0.3) is 5.56 Å². The zero-order valence-corrected chi connectivity index (χ0v) is 20.6. The summed E-state index contributed by atoms with van der Waals surface area (Å²) in [5.41, 5.74) is 6.78. The first-order valence-electron chi connectivity index (χ1n) is 12.3. The molecule has 3 aliphatic rings. The number of hydrogen-bond donors (Lipinski definition) is 2. The molecule has 1 amide bonds. The number of amides is 1. The topological polar surface area (TPSA) is 152 Å². The number of benzene rings is 1. The number of nitrogens with zero attached hydrogens (tertiary/aromatic N) is 2. The number of aromatic nitrogens is 2. The third kappa shape index (κ3) is 3.65. The van der Waals surface area contributed by atoms with Crippen LogP contribution in [0.1, 0.15) is 42.0 Å². The summed E-state index contributed by atoms with van der Waals surface area (Å²) in [6.45, 7) is 2.28. The van der Waals surface area contributed by atoms with Crippen LogP contribution in [0.4, 0.5) is 0 Å². The number of aliphatic hydroxyl groups is 1. The molecule has 3 N–H and O–H groups in total. The van der Waals surface area contributed by atoms with E-state index in [4.69, 9.17) is 29.7 Å². The van der Waals surface area contributed by atoms with Crippen LogP contribution in [0.25, 0.3) is 28.4 Å². The summed E-state index contributed by atoms with van der Waals surface area (Å²) in [4.78, 5) is 41.9. The Kier molecular flexibility index (Phi) is 5.69. The fourth-order valence-electron chi connectivity index (χ4n) is 5.18. The van der Waals surface area contributed by atoms with Gasteiger partial charge in [0.15, 0.2) is 17.1 Å². The maximum Gasteiger partial charge on any atom is 0.343 e. The van der Waals surface area contributed by atoms with Crippen LogP contribution in [0.3, 0.4) is 0 Å². The summed E-state index contributed by atoms with van der Waals surface area (Å²) < 4.78 is 23.4. The van der Waals surface area contributed by atoms with Gasteiger partial charge >= 0.3 is 5.97 Å². The number of fused-ring (bicyclic) bond motifs is 6. The average molecular weight is 520 g/mol. The first-order valence-corrected chi connectivity index (χ1v) is 12.3. The van der Waals surface area contributed by atoms with Gasteiger partial charge in [0.2, 0.25) is 12.7 Å². The molecule has 3 aliphatic heterocycles. The first kappa shape index (κ1) is 24.1. The Hall–Kier alpha value is -4.22. The molecule has 1 atom stereocenters. The van der Waals surface area contributed by atoms with E-state index < -0.39 is 17.5 Å². The van der Waals surface area contributed by atoms with E-state index in [1.165, 1.54) is 0 Å². The molecule has 0 aliphatic carbocycles. The largest absolute Gasteiger partial charge is 0.458 e. The van der Waals surface area contributed by atoms with Crippen molar-refractivity contribution in [2.75, 3.05) is 20.0 Å². The van der Waals surface area contributed by atoms with Gasteiger partial charge in [-0.15, -0.1) is 0 Å². The molecule has 6 rings (SSSR count).